The molecule has 1 unspecified atom stereocenters. The van der Waals surface area contributed by atoms with Gasteiger partial charge in [0.2, 0.25) is 0 Å². The lowest BCUT2D eigenvalue weighted by Gasteiger charge is -2.31. The van der Waals surface area contributed by atoms with Gasteiger partial charge in [-0.15, -0.1) is 11.3 Å². The molecule has 1 aliphatic carbocycles. The summed E-state index contributed by atoms with van der Waals surface area (Å²) in [7, 11) is 0. The van der Waals surface area contributed by atoms with Gasteiger partial charge in [0.1, 0.15) is 11.8 Å². The van der Waals surface area contributed by atoms with Crippen LogP contribution >= 0.6 is 22.9 Å². The van der Waals surface area contributed by atoms with Crippen LogP contribution in [-0.4, -0.2) is 6.04 Å². The highest BCUT2D eigenvalue weighted by atomic mass is 35.5. The zero-order valence-corrected chi connectivity index (χ0v) is 13.9. The Balaban J connectivity index is 1.72. The van der Waals surface area contributed by atoms with Crippen molar-refractivity contribution in [3.05, 3.63) is 45.5 Å². The molecule has 2 heterocycles. The molecule has 0 radical (unpaired) electrons. The van der Waals surface area contributed by atoms with Crippen LogP contribution in [0.4, 0.5) is 0 Å². The smallest absolute Gasteiger partial charge is 0.126 e. The molecular formula is C17H22ClNOS. The van der Waals surface area contributed by atoms with Gasteiger partial charge in [0, 0.05) is 10.9 Å². The van der Waals surface area contributed by atoms with E-state index >= 15 is 0 Å². The topological polar surface area (TPSA) is 25.2 Å². The summed E-state index contributed by atoms with van der Waals surface area (Å²) >= 11 is 7.74. The average Bonchev–Trinajstić information content (AvgIpc) is 3.17. The quantitative estimate of drug-likeness (QED) is 0.770. The van der Waals surface area contributed by atoms with E-state index in [-0.39, 0.29) is 6.04 Å². The molecule has 1 N–H and O–H groups in total. The van der Waals surface area contributed by atoms with Crippen LogP contribution in [0, 0.1) is 5.92 Å². The SMILES string of the molecule is CCC1CCC(NC(c2ccco2)c2ccc(Cl)s2)CC1. The van der Waals surface area contributed by atoms with E-state index in [0.717, 1.165) is 16.0 Å². The van der Waals surface area contributed by atoms with E-state index in [1.807, 2.05) is 18.2 Å². The molecule has 1 fully saturated rings. The van der Waals surface area contributed by atoms with Crippen LogP contribution in [0.2, 0.25) is 4.34 Å². The van der Waals surface area contributed by atoms with Crippen molar-refractivity contribution in [1.82, 2.24) is 5.32 Å². The van der Waals surface area contributed by atoms with Gasteiger partial charge in [-0.3, -0.25) is 0 Å². The average molecular weight is 324 g/mol. The third-order valence-electron chi connectivity index (χ3n) is 4.53. The molecule has 21 heavy (non-hydrogen) atoms. The maximum atomic E-state index is 6.11. The molecule has 0 aromatic carbocycles. The second-order valence-electron chi connectivity index (χ2n) is 5.88. The van der Waals surface area contributed by atoms with Crippen LogP contribution in [0.15, 0.2) is 34.9 Å². The van der Waals surface area contributed by atoms with Crippen molar-refractivity contribution in [3.63, 3.8) is 0 Å². The van der Waals surface area contributed by atoms with Crippen LogP contribution < -0.4 is 5.32 Å². The highest BCUT2D eigenvalue weighted by Crippen LogP contribution is 2.34. The van der Waals surface area contributed by atoms with Gasteiger partial charge in [0.05, 0.1) is 10.6 Å². The van der Waals surface area contributed by atoms with Crippen LogP contribution in [0.5, 0.6) is 0 Å². The summed E-state index contributed by atoms with van der Waals surface area (Å²) in [6.45, 7) is 2.30. The Hall–Kier alpha value is -0.770. The number of nitrogens with one attached hydrogen (secondary N) is 1. The Labute approximate surface area is 135 Å². The lowest BCUT2D eigenvalue weighted by atomic mass is 9.84. The molecule has 0 saturated heterocycles. The Morgan fingerprint density at radius 2 is 2.10 bits per heavy atom. The summed E-state index contributed by atoms with van der Waals surface area (Å²) in [4.78, 5) is 1.23. The molecule has 0 bridgehead atoms. The van der Waals surface area contributed by atoms with Gasteiger partial charge in [-0.25, -0.2) is 0 Å². The fourth-order valence-electron chi connectivity index (χ4n) is 3.22. The van der Waals surface area contributed by atoms with Gasteiger partial charge in [-0.05, 0) is 55.9 Å². The molecule has 114 valence electrons. The fourth-order valence-corrected chi connectivity index (χ4v) is 4.35. The first-order valence-electron chi connectivity index (χ1n) is 7.81. The molecule has 2 aromatic heterocycles. The Morgan fingerprint density at radius 1 is 1.29 bits per heavy atom. The maximum Gasteiger partial charge on any atom is 0.126 e. The standard InChI is InChI=1S/C17H22ClNOS/c1-2-12-5-7-13(8-6-12)19-17(14-4-3-11-20-14)15-9-10-16(18)21-15/h3-4,9-13,17,19H,2,5-8H2,1H3. The Kier molecular flexibility index (Phi) is 5.04. The summed E-state index contributed by atoms with van der Waals surface area (Å²) in [6, 6.07) is 8.76. The van der Waals surface area contributed by atoms with E-state index in [4.69, 9.17) is 16.0 Å². The third kappa shape index (κ3) is 3.71. The Morgan fingerprint density at radius 3 is 2.67 bits per heavy atom. The number of thiophene rings is 1. The molecule has 2 nitrogen and oxygen atoms in total. The monoisotopic (exact) mass is 323 g/mol. The molecule has 1 aliphatic rings. The van der Waals surface area contributed by atoms with Crippen LogP contribution in [0.1, 0.15) is 55.7 Å². The molecule has 4 heteroatoms. The van der Waals surface area contributed by atoms with Crippen molar-refractivity contribution in [3.8, 4) is 0 Å². The maximum absolute atomic E-state index is 6.11. The second kappa shape index (κ2) is 6.99. The van der Waals surface area contributed by atoms with E-state index in [2.05, 4.69) is 18.3 Å². The van der Waals surface area contributed by atoms with Gasteiger partial charge >= 0.3 is 0 Å². The van der Waals surface area contributed by atoms with Crippen molar-refractivity contribution in [2.45, 2.75) is 51.1 Å². The largest absolute Gasteiger partial charge is 0.467 e. The van der Waals surface area contributed by atoms with Gasteiger partial charge < -0.3 is 9.73 Å². The molecule has 0 amide bonds. The van der Waals surface area contributed by atoms with E-state index in [1.165, 1.54) is 37.0 Å². The van der Waals surface area contributed by atoms with Crippen molar-refractivity contribution < 1.29 is 4.42 Å². The molecule has 1 atom stereocenters. The molecular weight excluding hydrogens is 302 g/mol. The van der Waals surface area contributed by atoms with Crippen molar-refractivity contribution in [2.75, 3.05) is 0 Å². The van der Waals surface area contributed by atoms with E-state index in [9.17, 15) is 0 Å². The molecule has 3 rings (SSSR count). The number of furan rings is 1. The molecule has 0 aliphatic heterocycles. The number of rotatable bonds is 5. The first-order chi connectivity index (χ1) is 10.3. The van der Waals surface area contributed by atoms with E-state index < -0.39 is 0 Å². The molecule has 1 saturated carbocycles. The number of halogens is 1. The normalized spacial score (nSPS) is 24.1. The first-order valence-corrected chi connectivity index (χ1v) is 9.00. The zero-order valence-electron chi connectivity index (χ0n) is 12.3. The lowest BCUT2D eigenvalue weighted by Crippen LogP contribution is -2.36. The van der Waals surface area contributed by atoms with E-state index in [0.29, 0.717) is 6.04 Å². The highest BCUT2D eigenvalue weighted by molar-refractivity contribution is 7.16. The summed E-state index contributed by atoms with van der Waals surface area (Å²) in [5.41, 5.74) is 0. The number of hydrogen-bond acceptors (Lipinski definition) is 3. The van der Waals surface area contributed by atoms with Crippen LogP contribution in [-0.2, 0) is 0 Å². The van der Waals surface area contributed by atoms with E-state index in [1.54, 1.807) is 17.6 Å². The first kappa shape index (κ1) is 15.1. The predicted molar refractivity (Wildman–Crippen MR) is 89.1 cm³/mol. The van der Waals surface area contributed by atoms with Crippen molar-refractivity contribution in [1.29, 1.82) is 0 Å². The predicted octanol–water partition coefficient (Wildman–Crippen LogP) is 5.64. The zero-order chi connectivity index (χ0) is 14.7. The van der Waals surface area contributed by atoms with Crippen LogP contribution in [0.3, 0.4) is 0 Å². The van der Waals surface area contributed by atoms with Gasteiger partial charge in [-0.2, -0.15) is 0 Å². The van der Waals surface area contributed by atoms with Crippen molar-refractivity contribution >= 4 is 22.9 Å². The van der Waals surface area contributed by atoms with Gasteiger partial charge in [-0.1, -0.05) is 24.9 Å². The summed E-state index contributed by atoms with van der Waals surface area (Å²) in [5.74, 6) is 1.90. The second-order valence-corrected chi connectivity index (χ2v) is 7.63. The van der Waals surface area contributed by atoms with Crippen LogP contribution in [0.25, 0.3) is 0 Å². The van der Waals surface area contributed by atoms with Gasteiger partial charge in [0.25, 0.3) is 0 Å². The minimum absolute atomic E-state index is 0.126. The minimum atomic E-state index is 0.126. The molecule has 2 aromatic rings. The van der Waals surface area contributed by atoms with Crippen molar-refractivity contribution in [2.24, 2.45) is 5.92 Å². The van der Waals surface area contributed by atoms with Gasteiger partial charge in [0.15, 0.2) is 0 Å². The summed E-state index contributed by atoms with van der Waals surface area (Å²) in [5, 5.41) is 3.79. The number of hydrogen-bond donors (Lipinski definition) is 1. The summed E-state index contributed by atoms with van der Waals surface area (Å²) in [6.07, 6.45) is 8.25. The lowest BCUT2D eigenvalue weighted by molar-refractivity contribution is 0.270. The summed E-state index contributed by atoms with van der Waals surface area (Å²) < 4.78 is 6.48. The third-order valence-corrected chi connectivity index (χ3v) is 5.83. The Bertz CT molecular complexity index is 543. The molecule has 0 spiro atoms. The fraction of sp³-hybridized carbons (Fsp3) is 0.529. The minimum Gasteiger partial charge on any atom is -0.467 e. The highest BCUT2D eigenvalue weighted by Gasteiger charge is 2.26.